The van der Waals surface area contributed by atoms with Gasteiger partial charge in [-0.3, -0.25) is 4.79 Å². The Morgan fingerprint density at radius 1 is 1.35 bits per heavy atom. The van der Waals surface area contributed by atoms with Crippen LogP contribution in [0.4, 0.5) is 0 Å². The van der Waals surface area contributed by atoms with Crippen molar-refractivity contribution in [2.45, 2.75) is 52.6 Å². The predicted molar refractivity (Wildman–Crippen MR) is 64.3 cm³/mol. The second kappa shape index (κ2) is 4.79. The third-order valence-electron chi connectivity index (χ3n) is 4.63. The lowest BCUT2D eigenvalue weighted by atomic mass is 9.68. The lowest BCUT2D eigenvalue weighted by Crippen LogP contribution is -2.37. The van der Waals surface area contributed by atoms with Crippen LogP contribution in [0.25, 0.3) is 0 Å². The summed E-state index contributed by atoms with van der Waals surface area (Å²) in [5, 5.41) is 0. The van der Waals surface area contributed by atoms with Crippen molar-refractivity contribution < 1.29 is 14.3 Å². The van der Waals surface area contributed by atoms with Gasteiger partial charge in [0.05, 0.1) is 5.92 Å². The molecule has 1 aliphatic carbocycles. The van der Waals surface area contributed by atoms with Gasteiger partial charge in [0, 0.05) is 12.3 Å². The second-order valence-corrected chi connectivity index (χ2v) is 5.81. The van der Waals surface area contributed by atoms with E-state index in [1.165, 1.54) is 0 Å². The van der Waals surface area contributed by atoms with E-state index in [-0.39, 0.29) is 23.8 Å². The molecule has 0 N–H and O–H groups in total. The fraction of sp³-hybridized carbons (Fsp3) is 0.857. The predicted octanol–water partition coefficient (Wildman–Crippen LogP) is 2.58. The maximum absolute atomic E-state index is 11.6. The number of fused-ring (bicyclic) bond motifs is 1. The first kappa shape index (κ1) is 12.6. The van der Waals surface area contributed by atoms with Crippen LogP contribution in [0.3, 0.4) is 0 Å². The molecule has 0 aromatic carbocycles. The molecule has 1 unspecified atom stereocenters. The number of hydrogen-bond acceptors (Lipinski definition) is 3. The van der Waals surface area contributed by atoms with Crippen LogP contribution in [-0.4, -0.2) is 17.9 Å². The number of rotatable bonds is 3. The molecular formula is C14H22O3. The van der Waals surface area contributed by atoms with Gasteiger partial charge in [0.2, 0.25) is 0 Å². The molecule has 0 spiro atoms. The van der Waals surface area contributed by atoms with E-state index in [0.29, 0.717) is 24.2 Å². The summed E-state index contributed by atoms with van der Waals surface area (Å²) < 4.78 is 5.54. The second-order valence-electron chi connectivity index (χ2n) is 5.81. The van der Waals surface area contributed by atoms with Crippen LogP contribution in [0.5, 0.6) is 0 Å². The SMILES string of the molecule is CC(=O)CCC1[C@H](C)CC[C@H]2[C@@H](C)C(=O)O[C@@H]12. The molecule has 3 heteroatoms. The molecule has 5 atom stereocenters. The normalized spacial score (nSPS) is 40.9. The first-order chi connectivity index (χ1) is 8.00. The van der Waals surface area contributed by atoms with Crippen LogP contribution < -0.4 is 0 Å². The highest BCUT2D eigenvalue weighted by Crippen LogP contribution is 2.45. The molecule has 0 radical (unpaired) electrons. The maximum Gasteiger partial charge on any atom is 0.309 e. The van der Waals surface area contributed by atoms with Crippen LogP contribution >= 0.6 is 0 Å². The zero-order chi connectivity index (χ0) is 12.6. The van der Waals surface area contributed by atoms with Gasteiger partial charge in [-0.15, -0.1) is 0 Å². The molecule has 2 fully saturated rings. The summed E-state index contributed by atoms with van der Waals surface area (Å²) in [4.78, 5) is 22.7. The quantitative estimate of drug-likeness (QED) is 0.710. The van der Waals surface area contributed by atoms with Crippen molar-refractivity contribution in [1.82, 2.24) is 0 Å². The fourth-order valence-electron chi connectivity index (χ4n) is 3.42. The molecule has 0 aromatic rings. The van der Waals surface area contributed by atoms with Crippen molar-refractivity contribution in [3.8, 4) is 0 Å². The van der Waals surface area contributed by atoms with Crippen LogP contribution in [0, 0.1) is 23.7 Å². The molecular weight excluding hydrogens is 216 g/mol. The van der Waals surface area contributed by atoms with Gasteiger partial charge in [-0.05, 0) is 38.0 Å². The molecule has 2 rings (SSSR count). The molecule has 0 bridgehead atoms. The summed E-state index contributed by atoms with van der Waals surface area (Å²) in [6.07, 6.45) is 3.81. The third-order valence-corrected chi connectivity index (χ3v) is 4.63. The van der Waals surface area contributed by atoms with Crippen molar-refractivity contribution in [2.75, 3.05) is 0 Å². The number of ketones is 1. The summed E-state index contributed by atoms with van der Waals surface area (Å²) in [5.74, 6) is 1.57. The van der Waals surface area contributed by atoms with Gasteiger partial charge in [0.25, 0.3) is 0 Å². The van der Waals surface area contributed by atoms with E-state index < -0.39 is 0 Å². The number of carbonyl (C=O) groups excluding carboxylic acids is 2. The van der Waals surface area contributed by atoms with E-state index in [2.05, 4.69) is 6.92 Å². The van der Waals surface area contributed by atoms with Gasteiger partial charge in [-0.2, -0.15) is 0 Å². The third kappa shape index (κ3) is 2.38. The minimum Gasteiger partial charge on any atom is -0.462 e. The molecule has 1 aliphatic heterocycles. The van der Waals surface area contributed by atoms with E-state index in [0.717, 1.165) is 19.3 Å². The molecule has 1 heterocycles. The molecule has 0 amide bonds. The van der Waals surface area contributed by atoms with E-state index >= 15 is 0 Å². The van der Waals surface area contributed by atoms with Crippen LogP contribution in [0.15, 0.2) is 0 Å². The Kier molecular flexibility index (Phi) is 3.55. The van der Waals surface area contributed by atoms with Gasteiger partial charge in [-0.1, -0.05) is 13.8 Å². The topological polar surface area (TPSA) is 43.4 Å². The Balaban J connectivity index is 2.07. The number of hydrogen-bond donors (Lipinski definition) is 0. The van der Waals surface area contributed by atoms with Gasteiger partial charge in [0.15, 0.2) is 0 Å². The zero-order valence-corrected chi connectivity index (χ0v) is 10.9. The highest BCUT2D eigenvalue weighted by Gasteiger charge is 2.49. The Morgan fingerprint density at radius 3 is 2.71 bits per heavy atom. The Morgan fingerprint density at radius 2 is 2.06 bits per heavy atom. The number of esters is 1. The molecule has 17 heavy (non-hydrogen) atoms. The fourth-order valence-corrected chi connectivity index (χ4v) is 3.42. The lowest BCUT2D eigenvalue weighted by molar-refractivity contribution is -0.146. The average molecular weight is 238 g/mol. The van der Waals surface area contributed by atoms with Crippen molar-refractivity contribution in [3.05, 3.63) is 0 Å². The number of Topliss-reactive ketones (excluding diaryl/α,β-unsaturated/α-hetero) is 1. The van der Waals surface area contributed by atoms with Crippen LogP contribution in [0.1, 0.15) is 46.5 Å². The maximum atomic E-state index is 11.6. The summed E-state index contributed by atoms with van der Waals surface area (Å²) in [7, 11) is 0. The largest absolute Gasteiger partial charge is 0.462 e. The Hall–Kier alpha value is -0.860. The van der Waals surface area contributed by atoms with Crippen molar-refractivity contribution in [3.63, 3.8) is 0 Å². The summed E-state index contributed by atoms with van der Waals surface area (Å²) in [6, 6.07) is 0. The monoisotopic (exact) mass is 238 g/mol. The van der Waals surface area contributed by atoms with E-state index in [1.54, 1.807) is 6.92 Å². The Labute approximate surface area is 103 Å². The average Bonchev–Trinajstić information content (AvgIpc) is 2.54. The van der Waals surface area contributed by atoms with Gasteiger partial charge < -0.3 is 9.53 Å². The van der Waals surface area contributed by atoms with Crippen molar-refractivity contribution >= 4 is 11.8 Å². The molecule has 0 aromatic heterocycles. The van der Waals surface area contributed by atoms with Crippen LogP contribution in [-0.2, 0) is 14.3 Å². The minimum absolute atomic E-state index is 0.0399. The van der Waals surface area contributed by atoms with Gasteiger partial charge in [-0.25, -0.2) is 0 Å². The van der Waals surface area contributed by atoms with E-state index in [1.807, 2.05) is 6.92 Å². The number of carbonyl (C=O) groups is 2. The molecule has 1 saturated carbocycles. The van der Waals surface area contributed by atoms with E-state index in [9.17, 15) is 9.59 Å². The lowest BCUT2D eigenvalue weighted by Gasteiger charge is -2.37. The molecule has 3 nitrogen and oxygen atoms in total. The Bertz CT molecular complexity index is 323. The molecule has 96 valence electrons. The summed E-state index contributed by atoms with van der Waals surface area (Å²) >= 11 is 0. The minimum atomic E-state index is -0.0399. The number of ether oxygens (including phenoxy) is 1. The zero-order valence-electron chi connectivity index (χ0n) is 10.9. The smallest absolute Gasteiger partial charge is 0.309 e. The standard InChI is InChI=1S/C14H22O3/c1-8-4-6-12-10(3)14(16)17-13(12)11(8)7-5-9(2)15/h8,10-13H,4-7H2,1-3H3/t8-,10-,11?,12+,13+/m1/s1. The first-order valence-corrected chi connectivity index (χ1v) is 6.70. The van der Waals surface area contributed by atoms with Gasteiger partial charge in [0.1, 0.15) is 11.9 Å². The van der Waals surface area contributed by atoms with E-state index in [4.69, 9.17) is 4.74 Å². The summed E-state index contributed by atoms with van der Waals surface area (Å²) in [6.45, 7) is 5.83. The van der Waals surface area contributed by atoms with Crippen molar-refractivity contribution in [1.29, 1.82) is 0 Å². The first-order valence-electron chi connectivity index (χ1n) is 6.70. The highest BCUT2D eigenvalue weighted by molar-refractivity contribution is 5.76. The highest BCUT2D eigenvalue weighted by atomic mass is 16.6. The summed E-state index contributed by atoms with van der Waals surface area (Å²) in [5.41, 5.74) is 0. The van der Waals surface area contributed by atoms with Gasteiger partial charge >= 0.3 is 5.97 Å². The van der Waals surface area contributed by atoms with Crippen molar-refractivity contribution in [2.24, 2.45) is 23.7 Å². The van der Waals surface area contributed by atoms with Crippen LogP contribution in [0.2, 0.25) is 0 Å². The molecule has 2 aliphatic rings. The molecule has 1 saturated heterocycles.